The van der Waals surface area contributed by atoms with E-state index >= 15 is 0 Å². The van der Waals surface area contributed by atoms with Crippen LogP contribution in [0, 0.1) is 5.41 Å². The Kier molecular flexibility index (Phi) is 5.29. The molecule has 1 aromatic carbocycles. The molecule has 4 nitrogen and oxygen atoms in total. The fraction of sp³-hybridized carbons (Fsp3) is 0.600. The molecule has 1 saturated carbocycles. The van der Waals surface area contributed by atoms with Crippen LogP contribution in [0.1, 0.15) is 51.9 Å². The minimum Gasteiger partial charge on any atom is -0.486 e. The van der Waals surface area contributed by atoms with Gasteiger partial charge in [-0.2, -0.15) is 0 Å². The third-order valence-electron chi connectivity index (χ3n) is 7.35. The first-order chi connectivity index (χ1) is 14.2. The van der Waals surface area contributed by atoms with Crippen LogP contribution in [0.2, 0.25) is 0 Å². The van der Waals surface area contributed by atoms with Crippen molar-refractivity contribution < 1.29 is 9.47 Å². The zero-order valence-electron chi connectivity index (χ0n) is 17.7. The van der Waals surface area contributed by atoms with Crippen LogP contribution < -0.4 is 19.7 Å². The van der Waals surface area contributed by atoms with E-state index in [2.05, 4.69) is 53.6 Å². The number of fused-ring (bicyclic) bond motifs is 2. The number of rotatable bonds is 5. The molecule has 0 bridgehead atoms. The SMILES string of the molecule is CC12CC=CC=C1CC(N(CCC1CCCCN1)c1ccc3c(c1)OCCO3)C2. The summed E-state index contributed by atoms with van der Waals surface area (Å²) in [5, 5.41) is 3.73. The Morgan fingerprint density at radius 1 is 1.17 bits per heavy atom. The van der Waals surface area contributed by atoms with Crippen molar-refractivity contribution in [2.75, 3.05) is 31.2 Å². The molecule has 1 aromatic rings. The summed E-state index contributed by atoms with van der Waals surface area (Å²) in [6, 6.07) is 7.75. The van der Waals surface area contributed by atoms with Gasteiger partial charge < -0.3 is 19.7 Å². The molecule has 3 unspecified atom stereocenters. The summed E-state index contributed by atoms with van der Waals surface area (Å²) in [5.74, 6) is 1.78. The fourth-order valence-corrected chi connectivity index (χ4v) is 5.64. The second-order valence-electron chi connectivity index (χ2n) is 9.40. The number of nitrogens with zero attached hydrogens (tertiary/aromatic N) is 1. The Balaban J connectivity index is 1.38. The van der Waals surface area contributed by atoms with Gasteiger partial charge in [0.2, 0.25) is 0 Å². The highest BCUT2D eigenvalue weighted by Crippen LogP contribution is 2.50. The van der Waals surface area contributed by atoms with Crippen LogP contribution in [0.5, 0.6) is 11.5 Å². The summed E-state index contributed by atoms with van der Waals surface area (Å²) < 4.78 is 11.7. The smallest absolute Gasteiger partial charge is 0.163 e. The fourth-order valence-electron chi connectivity index (χ4n) is 5.64. The molecular weight excluding hydrogens is 360 g/mol. The molecule has 2 fully saturated rings. The van der Waals surface area contributed by atoms with Crippen LogP contribution in [0.15, 0.2) is 42.0 Å². The number of ether oxygens (including phenoxy) is 2. The van der Waals surface area contributed by atoms with Gasteiger partial charge >= 0.3 is 0 Å². The number of piperidine rings is 1. The van der Waals surface area contributed by atoms with Gasteiger partial charge in [-0.05, 0) is 62.6 Å². The van der Waals surface area contributed by atoms with Gasteiger partial charge in [-0.1, -0.05) is 37.1 Å². The molecule has 0 aromatic heterocycles. The molecule has 2 heterocycles. The summed E-state index contributed by atoms with van der Waals surface area (Å²) >= 11 is 0. The molecular formula is C25H34N2O2. The number of allylic oxidation sites excluding steroid dienone is 3. The molecule has 4 aliphatic rings. The standard InChI is InChI=1S/C25H34N2O2/c1-25-11-4-2-6-19(25)16-22(18-25)27(13-10-20-7-3-5-12-26-20)21-8-9-23-24(17-21)29-15-14-28-23/h2,4,6,8-9,17,20,22,26H,3,5,7,10-16,18H2,1H3. The molecule has 0 spiro atoms. The number of nitrogens with one attached hydrogen (secondary N) is 1. The highest BCUT2D eigenvalue weighted by Gasteiger charge is 2.41. The zero-order chi connectivity index (χ0) is 19.7. The van der Waals surface area contributed by atoms with Crippen LogP contribution in [0.4, 0.5) is 5.69 Å². The molecule has 1 N–H and O–H groups in total. The number of hydrogen-bond donors (Lipinski definition) is 1. The lowest BCUT2D eigenvalue weighted by molar-refractivity contribution is 0.171. The minimum absolute atomic E-state index is 0.328. The summed E-state index contributed by atoms with van der Waals surface area (Å²) in [6.07, 6.45) is 15.7. The lowest BCUT2D eigenvalue weighted by Gasteiger charge is -2.35. The van der Waals surface area contributed by atoms with Crippen molar-refractivity contribution in [1.82, 2.24) is 5.32 Å². The van der Waals surface area contributed by atoms with E-state index in [0.29, 0.717) is 30.7 Å². The van der Waals surface area contributed by atoms with Gasteiger partial charge in [0.25, 0.3) is 0 Å². The maximum Gasteiger partial charge on any atom is 0.163 e. The van der Waals surface area contributed by atoms with Gasteiger partial charge in [-0.25, -0.2) is 0 Å². The van der Waals surface area contributed by atoms with E-state index < -0.39 is 0 Å². The van der Waals surface area contributed by atoms with Crippen molar-refractivity contribution >= 4 is 5.69 Å². The third kappa shape index (κ3) is 3.92. The van der Waals surface area contributed by atoms with E-state index in [1.807, 2.05) is 0 Å². The van der Waals surface area contributed by atoms with E-state index in [1.165, 1.54) is 57.2 Å². The molecule has 5 rings (SSSR count). The topological polar surface area (TPSA) is 33.7 Å². The number of hydrogen-bond acceptors (Lipinski definition) is 4. The predicted molar refractivity (Wildman–Crippen MR) is 118 cm³/mol. The van der Waals surface area contributed by atoms with Crippen molar-refractivity contribution in [2.24, 2.45) is 5.41 Å². The zero-order valence-corrected chi connectivity index (χ0v) is 17.7. The monoisotopic (exact) mass is 394 g/mol. The maximum absolute atomic E-state index is 5.90. The molecule has 3 atom stereocenters. The van der Waals surface area contributed by atoms with Gasteiger partial charge in [0, 0.05) is 30.4 Å². The quantitative estimate of drug-likeness (QED) is 0.774. The molecule has 0 radical (unpaired) electrons. The second-order valence-corrected chi connectivity index (χ2v) is 9.40. The van der Waals surface area contributed by atoms with E-state index in [9.17, 15) is 0 Å². The van der Waals surface area contributed by atoms with Gasteiger partial charge in [0.15, 0.2) is 11.5 Å². The number of anilines is 1. The van der Waals surface area contributed by atoms with Gasteiger partial charge in [0.05, 0.1) is 0 Å². The van der Waals surface area contributed by atoms with Crippen molar-refractivity contribution in [3.63, 3.8) is 0 Å². The summed E-state index contributed by atoms with van der Waals surface area (Å²) in [7, 11) is 0. The number of benzene rings is 1. The molecule has 0 amide bonds. The van der Waals surface area contributed by atoms with Gasteiger partial charge in [0.1, 0.15) is 13.2 Å². The molecule has 156 valence electrons. The van der Waals surface area contributed by atoms with Crippen LogP contribution in [0.25, 0.3) is 0 Å². The first-order valence-electron chi connectivity index (χ1n) is 11.5. The van der Waals surface area contributed by atoms with E-state index in [-0.39, 0.29) is 0 Å². The van der Waals surface area contributed by atoms with Crippen LogP contribution in [-0.4, -0.2) is 38.4 Å². The van der Waals surface area contributed by atoms with Gasteiger partial charge in [-0.15, -0.1) is 0 Å². The minimum atomic E-state index is 0.328. The Morgan fingerprint density at radius 2 is 2.07 bits per heavy atom. The Hall–Kier alpha value is -1.94. The third-order valence-corrected chi connectivity index (χ3v) is 7.35. The molecule has 2 aliphatic heterocycles. The first-order valence-corrected chi connectivity index (χ1v) is 11.5. The Labute approximate surface area is 174 Å². The van der Waals surface area contributed by atoms with Crippen molar-refractivity contribution in [2.45, 2.75) is 64.0 Å². The van der Waals surface area contributed by atoms with Crippen LogP contribution in [0.3, 0.4) is 0 Å². The Morgan fingerprint density at radius 3 is 2.90 bits per heavy atom. The molecule has 29 heavy (non-hydrogen) atoms. The van der Waals surface area contributed by atoms with E-state index in [0.717, 1.165) is 18.0 Å². The van der Waals surface area contributed by atoms with Gasteiger partial charge in [-0.3, -0.25) is 0 Å². The molecule has 1 saturated heterocycles. The first kappa shape index (κ1) is 19.0. The maximum atomic E-state index is 5.90. The normalized spacial score (nSPS) is 30.6. The predicted octanol–water partition coefficient (Wildman–Crippen LogP) is 4.85. The van der Waals surface area contributed by atoms with E-state index in [4.69, 9.17) is 9.47 Å². The van der Waals surface area contributed by atoms with Crippen molar-refractivity contribution in [3.05, 3.63) is 42.0 Å². The Bertz CT molecular complexity index is 796. The average molecular weight is 395 g/mol. The molecule has 2 aliphatic carbocycles. The van der Waals surface area contributed by atoms with Crippen molar-refractivity contribution in [1.29, 1.82) is 0 Å². The van der Waals surface area contributed by atoms with Crippen LogP contribution in [-0.2, 0) is 0 Å². The average Bonchev–Trinajstić information content (AvgIpc) is 3.11. The van der Waals surface area contributed by atoms with Crippen LogP contribution >= 0.6 is 0 Å². The summed E-state index contributed by atoms with van der Waals surface area (Å²) in [4.78, 5) is 2.67. The summed E-state index contributed by atoms with van der Waals surface area (Å²) in [5.41, 5.74) is 3.24. The lowest BCUT2D eigenvalue weighted by atomic mass is 9.78. The summed E-state index contributed by atoms with van der Waals surface area (Å²) in [6.45, 7) is 6.01. The highest BCUT2D eigenvalue weighted by molar-refractivity contribution is 5.58. The van der Waals surface area contributed by atoms with E-state index in [1.54, 1.807) is 5.57 Å². The lowest BCUT2D eigenvalue weighted by Crippen LogP contribution is -2.41. The second kappa shape index (κ2) is 8.06. The molecule has 4 heteroatoms. The highest BCUT2D eigenvalue weighted by atomic mass is 16.6. The van der Waals surface area contributed by atoms with Crippen molar-refractivity contribution in [3.8, 4) is 11.5 Å². The largest absolute Gasteiger partial charge is 0.486 e.